The molecule has 4 heteroatoms. The predicted molar refractivity (Wildman–Crippen MR) is 72.5 cm³/mol. The standard InChI is InChI=1S/C14H20N2O2/c1-4-8-15-14(17)11(2)16-10-12-6-5-7-13(9-12)18-3/h4-7,9,11,16H,1,8,10H2,2-3H3,(H,15,17). The summed E-state index contributed by atoms with van der Waals surface area (Å²) in [6, 6.07) is 7.52. The van der Waals surface area contributed by atoms with Crippen LogP contribution in [-0.4, -0.2) is 25.6 Å². The second kappa shape index (κ2) is 7.50. The van der Waals surface area contributed by atoms with E-state index in [-0.39, 0.29) is 11.9 Å². The van der Waals surface area contributed by atoms with E-state index in [1.54, 1.807) is 13.2 Å². The summed E-state index contributed by atoms with van der Waals surface area (Å²) in [4.78, 5) is 11.6. The maximum atomic E-state index is 11.6. The van der Waals surface area contributed by atoms with Crippen LogP contribution in [-0.2, 0) is 11.3 Å². The lowest BCUT2D eigenvalue weighted by Gasteiger charge is -2.13. The van der Waals surface area contributed by atoms with E-state index in [0.29, 0.717) is 13.1 Å². The second-order valence-electron chi connectivity index (χ2n) is 3.99. The highest BCUT2D eigenvalue weighted by molar-refractivity contribution is 5.81. The predicted octanol–water partition coefficient (Wildman–Crippen LogP) is 1.48. The average molecular weight is 248 g/mol. The van der Waals surface area contributed by atoms with Crippen molar-refractivity contribution in [3.8, 4) is 5.75 Å². The minimum absolute atomic E-state index is 0.0298. The van der Waals surface area contributed by atoms with E-state index in [1.165, 1.54) is 0 Å². The molecule has 4 nitrogen and oxygen atoms in total. The highest BCUT2D eigenvalue weighted by Crippen LogP contribution is 2.12. The molecule has 1 unspecified atom stereocenters. The Bertz CT molecular complexity index is 405. The molecule has 0 aliphatic carbocycles. The highest BCUT2D eigenvalue weighted by atomic mass is 16.5. The first-order valence-corrected chi connectivity index (χ1v) is 5.92. The third kappa shape index (κ3) is 4.59. The molecule has 98 valence electrons. The first-order chi connectivity index (χ1) is 8.67. The van der Waals surface area contributed by atoms with Crippen LogP contribution in [0, 0.1) is 0 Å². The lowest BCUT2D eigenvalue weighted by molar-refractivity contribution is -0.122. The van der Waals surface area contributed by atoms with E-state index < -0.39 is 0 Å². The van der Waals surface area contributed by atoms with Crippen molar-refractivity contribution in [2.75, 3.05) is 13.7 Å². The Labute approximate surface area is 108 Å². The van der Waals surface area contributed by atoms with Crippen LogP contribution < -0.4 is 15.4 Å². The van der Waals surface area contributed by atoms with Crippen LogP contribution in [0.2, 0.25) is 0 Å². The first kappa shape index (κ1) is 14.3. The maximum Gasteiger partial charge on any atom is 0.237 e. The van der Waals surface area contributed by atoms with Gasteiger partial charge in [0.1, 0.15) is 5.75 Å². The summed E-state index contributed by atoms with van der Waals surface area (Å²) in [6.07, 6.45) is 1.66. The zero-order valence-corrected chi connectivity index (χ0v) is 10.9. The number of nitrogens with one attached hydrogen (secondary N) is 2. The van der Waals surface area contributed by atoms with Crippen molar-refractivity contribution in [1.29, 1.82) is 0 Å². The molecule has 0 aliphatic heterocycles. The van der Waals surface area contributed by atoms with Crippen molar-refractivity contribution in [2.24, 2.45) is 0 Å². The molecule has 0 heterocycles. The third-order valence-corrected chi connectivity index (χ3v) is 2.56. The highest BCUT2D eigenvalue weighted by Gasteiger charge is 2.10. The Morgan fingerprint density at radius 2 is 2.33 bits per heavy atom. The Hall–Kier alpha value is -1.81. The fourth-order valence-electron chi connectivity index (χ4n) is 1.47. The molecule has 1 aromatic carbocycles. The topological polar surface area (TPSA) is 50.4 Å². The van der Waals surface area contributed by atoms with Gasteiger partial charge in [-0.3, -0.25) is 4.79 Å². The number of hydrogen-bond donors (Lipinski definition) is 2. The quantitative estimate of drug-likeness (QED) is 0.719. The molecule has 1 rings (SSSR count). The van der Waals surface area contributed by atoms with Crippen molar-refractivity contribution in [3.63, 3.8) is 0 Å². The molecule has 0 spiro atoms. The summed E-state index contributed by atoms with van der Waals surface area (Å²) < 4.78 is 5.14. The van der Waals surface area contributed by atoms with Crippen LogP contribution in [0.1, 0.15) is 12.5 Å². The van der Waals surface area contributed by atoms with Gasteiger partial charge in [-0.25, -0.2) is 0 Å². The van der Waals surface area contributed by atoms with E-state index in [0.717, 1.165) is 11.3 Å². The number of rotatable bonds is 7. The van der Waals surface area contributed by atoms with E-state index in [1.807, 2.05) is 31.2 Å². The Balaban J connectivity index is 2.43. The molecule has 0 fully saturated rings. The molecule has 0 aromatic heterocycles. The summed E-state index contributed by atoms with van der Waals surface area (Å²) in [5.74, 6) is 0.788. The number of methoxy groups -OCH3 is 1. The van der Waals surface area contributed by atoms with Crippen molar-refractivity contribution in [1.82, 2.24) is 10.6 Å². The van der Waals surface area contributed by atoms with Gasteiger partial charge in [-0.1, -0.05) is 18.2 Å². The normalized spacial score (nSPS) is 11.7. The number of ether oxygens (including phenoxy) is 1. The van der Waals surface area contributed by atoms with Gasteiger partial charge >= 0.3 is 0 Å². The summed E-state index contributed by atoms with van der Waals surface area (Å²) in [7, 11) is 1.64. The van der Waals surface area contributed by atoms with Gasteiger partial charge in [0.05, 0.1) is 13.2 Å². The first-order valence-electron chi connectivity index (χ1n) is 5.92. The average Bonchev–Trinajstić information content (AvgIpc) is 2.42. The van der Waals surface area contributed by atoms with Gasteiger partial charge in [-0.05, 0) is 24.6 Å². The zero-order chi connectivity index (χ0) is 13.4. The maximum absolute atomic E-state index is 11.6. The summed E-state index contributed by atoms with van der Waals surface area (Å²) in [5.41, 5.74) is 1.08. The van der Waals surface area contributed by atoms with Gasteiger partial charge < -0.3 is 15.4 Å². The zero-order valence-electron chi connectivity index (χ0n) is 10.9. The van der Waals surface area contributed by atoms with Crippen LogP contribution in [0.4, 0.5) is 0 Å². The van der Waals surface area contributed by atoms with Gasteiger partial charge in [0, 0.05) is 13.1 Å². The van der Waals surface area contributed by atoms with E-state index in [4.69, 9.17) is 4.74 Å². The van der Waals surface area contributed by atoms with Crippen molar-refractivity contribution in [3.05, 3.63) is 42.5 Å². The minimum atomic E-state index is -0.240. The molecule has 0 aliphatic rings. The van der Waals surface area contributed by atoms with E-state index >= 15 is 0 Å². The number of carbonyl (C=O) groups is 1. The summed E-state index contributed by atoms with van der Waals surface area (Å²) >= 11 is 0. The molecule has 1 amide bonds. The fraction of sp³-hybridized carbons (Fsp3) is 0.357. The molecule has 0 saturated carbocycles. The molecule has 18 heavy (non-hydrogen) atoms. The van der Waals surface area contributed by atoms with Crippen molar-refractivity contribution in [2.45, 2.75) is 19.5 Å². The van der Waals surface area contributed by atoms with Crippen LogP contribution in [0.25, 0.3) is 0 Å². The molecule has 0 bridgehead atoms. The smallest absolute Gasteiger partial charge is 0.237 e. The molecular weight excluding hydrogens is 228 g/mol. The van der Waals surface area contributed by atoms with Gasteiger partial charge in [-0.2, -0.15) is 0 Å². The second-order valence-corrected chi connectivity index (χ2v) is 3.99. The van der Waals surface area contributed by atoms with Gasteiger partial charge in [0.25, 0.3) is 0 Å². The number of hydrogen-bond acceptors (Lipinski definition) is 3. The summed E-state index contributed by atoms with van der Waals surface area (Å²) in [5, 5.41) is 5.90. The SMILES string of the molecule is C=CCNC(=O)C(C)NCc1cccc(OC)c1. The van der Waals surface area contributed by atoms with Crippen LogP contribution in [0.3, 0.4) is 0 Å². The fourth-order valence-corrected chi connectivity index (χ4v) is 1.47. The van der Waals surface area contributed by atoms with Crippen LogP contribution in [0.15, 0.2) is 36.9 Å². The number of benzene rings is 1. The Morgan fingerprint density at radius 1 is 1.56 bits per heavy atom. The number of amides is 1. The largest absolute Gasteiger partial charge is 0.497 e. The van der Waals surface area contributed by atoms with Crippen LogP contribution in [0.5, 0.6) is 5.75 Å². The molecule has 0 radical (unpaired) electrons. The molecule has 2 N–H and O–H groups in total. The molecule has 0 saturated heterocycles. The summed E-state index contributed by atoms with van der Waals surface area (Å²) in [6.45, 7) is 6.50. The van der Waals surface area contributed by atoms with Gasteiger partial charge in [0.15, 0.2) is 0 Å². The van der Waals surface area contributed by atoms with E-state index in [2.05, 4.69) is 17.2 Å². The molecular formula is C14H20N2O2. The van der Waals surface area contributed by atoms with Crippen LogP contribution >= 0.6 is 0 Å². The third-order valence-electron chi connectivity index (χ3n) is 2.56. The Morgan fingerprint density at radius 3 is 3.00 bits per heavy atom. The van der Waals surface area contributed by atoms with Gasteiger partial charge in [-0.15, -0.1) is 6.58 Å². The molecule has 1 aromatic rings. The lowest BCUT2D eigenvalue weighted by Crippen LogP contribution is -2.41. The number of carbonyl (C=O) groups excluding carboxylic acids is 1. The Kier molecular flexibility index (Phi) is 5.94. The van der Waals surface area contributed by atoms with Crippen molar-refractivity contribution >= 4 is 5.91 Å². The molecule has 1 atom stereocenters. The van der Waals surface area contributed by atoms with E-state index in [9.17, 15) is 4.79 Å². The monoisotopic (exact) mass is 248 g/mol. The lowest BCUT2D eigenvalue weighted by atomic mass is 10.2. The minimum Gasteiger partial charge on any atom is -0.497 e. The van der Waals surface area contributed by atoms with Gasteiger partial charge in [0.2, 0.25) is 5.91 Å². The van der Waals surface area contributed by atoms with Crippen molar-refractivity contribution < 1.29 is 9.53 Å².